The first-order valence-electron chi connectivity index (χ1n) is 6.51. The van der Waals surface area contributed by atoms with Crippen molar-refractivity contribution in [3.05, 3.63) is 65.0 Å². The summed E-state index contributed by atoms with van der Waals surface area (Å²) < 4.78 is 12.9. The maximum absolute atomic E-state index is 12.9. The molecule has 0 saturated heterocycles. The molecule has 3 rings (SSSR count). The number of aryl methyl sites for hydroxylation is 1. The summed E-state index contributed by atoms with van der Waals surface area (Å²) in [6, 6.07) is 11.9. The Morgan fingerprint density at radius 3 is 2.70 bits per heavy atom. The molecule has 0 aromatic heterocycles. The van der Waals surface area contributed by atoms with Crippen LogP contribution >= 0.6 is 0 Å². The zero-order valence-corrected chi connectivity index (χ0v) is 11.1. The van der Waals surface area contributed by atoms with Gasteiger partial charge in [-0.1, -0.05) is 23.8 Å². The van der Waals surface area contributed by atoms with Crippen molar-refractivity contribution in [1.29, 1.82) is 0 Å². The van der Waals surface area contributed by atoms with Crippen LogP contribution in [0.2, 0.25) is 0 Å². The van der Waals surface area contributed by atoms with Gasteiger partial charge in [0, 0.05) is 12.0 Å². The number of nitrogens with one attached hydrogen (secondary N) is 1. The van der Waals surface area contributed by atoms with Crippen LogP contribution in [-0.2, 0) is 0 Å². The summed E-state index contributed by atoms with van der Waals surface area (Å²) in [6.45, 7) is 1.98. The lowest BCUT2D eigenvalue weighted by Gasteiger charge is -2.10. The Morgan fingerprint density at radius 2 is 1.95 bits per heavy atom. The summed E-state index contributed by atoms with van der Waals surface area (Å²) in [7, 11) is 0. The van der Waals surface area contributed by atoms with Gasteiger partial charge in [0.05, 0.1) is 11.8 Å². The van der Waals surface area contributed by atoms with E-state index in [9.17, 15) is 9.50 Å². The van der Waals surface area contributed by atoms with Gasteiger partial charge in [-0.15, -0.1) is 0 Å². The van der Waals surface area contributed by atoms with Crippen LogP contribution in [0.4, 0.5) is 4.39 Å². The Labute approximate surface area is 116 Å². The van der Waals surface area contributed by atoms with E-state index in [1.165, 1.54) is 12.1 Å². The highest BCUT2D eigenvalue weighted by Gasteiger charge is 2.22. The predicted octanol–water partition coefficient (Wildman–Crippen LogP) is 3.28. The van der Waals surface area contributed by atoms with Crippen LogP contribution in [0.25, 0.3) is 0 Å². The lowest BCUT2D eigenvalue weighted by molar-refractivity contribution is 0.474. The van der Waals surface area contributed by atoms with Crippen molar-refractivity contribution in [3.63, 3.8) is 0 Å². The van der Waals surface area contributed by atoms with Crippen molar-refractivity contribution >= 4 is 5.71 Å². The average Bonchev–Trinajstić information content (AvgIpc) is 2.92. The Kier molecular flexibility index (Phi) is 3.14. The number of phenols is 1. The molecule has 0 amide bonds. The van der Waals surface area contributed by atoms with E-state index in [4.69, 9.17) is 0 Å². The van der Waals surface area contributed by atoms with Gasteiger partial charge in [-0.05, 0) is 36.8 Å². The van der Waals surface area contributed by atoms with E-state index in [1.54, 1.807) is 18.2 Å². The number of phenolic OH excluding ortho intramolecular Hbond substituents is 1. The number of halogens is 1. The number of hydrogen-bond donors (Lipinski definition) is 2. The standard InChI is InChI=1S/C16H15FN2O/c1-10-2-7-16(20)13(8-10)15-9-14(18-19-15)11-3-5-12(17)6-4-11/h2-8,14,18,20H,9H2,1H3/t14-/m0/s1. The Morgan fingerprint density at radius 1 is 1.20 bits per heavy atom. The minimum Gasteiger partial charge on any atom is -0.507 e. The molecule has 0 fully saturated rings. The fourth-order valence-electron chi connectivity index (χ4n) is 2.38. The van der Waals surface area contributed by atoms with Crippen LogP contribution in [0.1, 0.15) is 29.2 Å². The molecule has 102 valence electrons. The number of nitrogens with zero attached hydrogens (tertiary/aromatic N) is 1. The number of rotatable bonds is 2. The molecule has 0 unspecified atom stereocenters. The minimum atomic E-state index is -0.246. The average molecular weight is 270 g/mol. The molecule has 0 radical (unpaired) electrons. The van der Waals surface area contributed by atoms with Gasteiger partial charge in [-0.2, -0.15) is 5.10 Å². The first-order valence-corrected chi connectivity index (χ1v) is 6.51. The number of hydrazone groups is 1. The van der Waals surface area contributed by atoms with Crippen LogP contribution in [0.5, 0.6) is 5.75 Å². The first kappa shape index (κ1) is 12.7. The lowest BCUT2D eigenvalue weighted by atomic mass is 9.98. The summed E-state index contributed by atoms with van der Waals surface area (Å²) in [5.74, 6) is -0.0138. The molecule has 1 heterocycles. The fraction of sp³-hybridized carbons (Fsp3) is 0.188. The summed E-state index contributed by atoms with van der Waals surface area (Å²) >= 11 is 0. The van der Waals surface area contributed by atoms with Gasteiger partial charge in [0.2, 0.25) is 0 Å². The van der Waals surface area contributed by atoms with Gasteiger partial charge >= 0.3 is 0 Å². The summed E-state index contributed by atoms with van der Waals surface area (Å²) in [5.41, 5.74) is 6.67. The Hall–Kier alpha value is -2.36. The molecule has 20 heavy (non-hydrogen) atoms. The third kappa shape index (κ3) is 2.37. The van der Waals surface area contributed by atoms with E-state index >= 15 is 0 Å². The maximum Gasteiger partial charge on any atom is 0.124 e. The highest BCUT2D eigenvalue weighted by atomic mass is 19.1. The van der Waals surface area contributed by atoms with Crippen molar-refractivity contribution in [2.75, 3.05) is 0 Å². The van der Waals surface area contributed by atoms with Crippen molar-refractivity contribution in [2.24, 2.45) is 5.10 Å². The zero-order valence-electron chi connectivity index (χ0n) is 11.1. The highest BCUT2D eigenvalue weighted by Crippen LogP contribution is 2.28. The second kappa shape index (κ2) is 4.96. The highest BCUT2D eigenvalue weighted by molar-refractivity contribution is 6.04. The molecule has 3 nitrogen and oxygen atoms in total. The predicted molar refractivity (Wildman–Crippen MR) is 76.3 cm³/mol. The topological polar surface area (TPSA) is 44.6 Å². The molecule has 0 saturated carbocycles. The molecule has 0 spiro atoms. The minimum absolute atomic E-state index is 0.0190. The van der Waals surface area contributed by atoms with E-state index in [2.05, 4.69) is 10.5 Å². The molecular formula is C16H15FN2O. The van der Waals surface area contributed by atoms with Crippen LogP contribution in [0.3, 0.4) is 0 Å². The summed E-state index contributed by atoms with van der Waals surface area (Å²) in [5, 5.41) is 14.2. The molecule has 4 heteroatoms. The smallest absolute Gasteiger partial charge is 0.124 e. The van der Waals surface area contributed by atoms with Crippen LogP contribution in [0.15, 0.2) is 47.6 Å². The van der Waals surface area contributed by atoms with Crippen LogP contribution in [-0.4, -0.2) is 10.8 Å². The molecular weight excluding hydrogens is 255 g/mol. The molecule has 1 aliphatic heterocycles. The molecule has 2 N–H and O–H groups in total. The van der Waals surface area contributed by atoms with Crippen molar-refractivity contribution < 1.29 is 9.50 Å². The van der Waals surface area contributed by atoms with Crippen LogP contribution < -0.4 is 5.43 Å². The number of hydrogen-bond acceptors (Lipinski definition) is 3. The maximum atomic E-state index is 12.9. The van der Waals surface area contributed by atoms with Gasteiger partial charge in [0.1, 0.15) is 11.6 Å². The monoisotopic (exact) mass is 270 g/mol. The second-order valence-corrected chi connectivity index (χ2v) is 5.02. The van der Waals surface area contributed by atoms with E-state index in [-0.39, 0.29) is 17.6 Å². The van der Waals surface area contributed by atoms with Gasteiger partial charge in [0.15, 0.2) is 0 Å². The molecule has 2 aromatic carbocycles. The molecule has 1 aliphatic rings. The molecule has 1 atom stereocenters. The van der Waals surface area contributed by atoms with E-state index in [1.807, 2.05) is 19.1 Å². The van der Waals surface area contributed by atoms with E-state index in [0.29, 0.717) is 6.42 Å². The summed E-state index contributed by atoms with van der Waals surface area (Å²) in [4.78, 5) is 0. The molecule has 0 aliphatic carbocycles. The number of benzene rings is 2. The zero-order chi connectivity index (χ0) is 14.1. The summed E-state index contributed by atoms with van der Waals surface area (Å²) in [6.07, 6.45) is 0.669. The van der Waals surface area contributed by atoms with Crippen molar-refractivity contribution in [3.8, 4) is 5.75 Å². The third-order valence-electron chi connectivity index (χ3n) is 3.49. The van der Waals surface area contributed by atoms with E-state index in [0.717, 1.165) is 22.4 Å². The van der Waals surface area contributed by atoms with E-state index < -0.39 is 0 Å². The number of aromatic hydroxyl groups is 1. The molecule has 2 aromatic rings. The quantitative estimate of drug-likeness (QED) is 0.879. The molecule has 0 bridgehead atoms. The largest absolute Gasteiger partial charge is 0.507 e. The normalized spacial score (nSPS) is 17.7. The van der Waals surface area contributed by atoms with Gasteiger partial charge in [-0.25, -0.2) is 4.39 Å². The van der Waals surface area contributed by atoms with Gasteiger partial charge in [-0.3, -0.25) is 0 Å². The lowest BCUT2D eigenvalue weighted by Crippen LogP contribution is -2.09. The third-order valence-corrected chi connectivity index (χ3v) is 3.49. The van der Waals surface area contributed by atoms with Crippen molar-refractivity contribution in [1.82, 2.24) is 5.43 Å². The Bertz CT molecular complexity index is 665. The van der Waals surface area contributed by atoms with Gasteiger partial charge < -0.3 is 10.5 Å². The van der Waals surface area contributed by atoms with Crippen molar-refractivity contribution in [2.45, 2.75) is 19.4 Å². The second-order valence-electron chi connectivity index (χ2n) is 5.02. The Balaban J connectivity index is 1.82. The van der Waals surface area contributed by atoms with Crippen LogP contribution in [0, 0.1) is 12.7 Å². The SMILES string of the molecule is Cc1ccc(O)c(C2=NN[C@H](c3ccc(F)cc3)C2)c1. The van der Waals surface area contributed by atoms with Gasteiger partial charge in [0.25, 0.3) is 0 Å². The fourth-order valence-corrected chi connectivity index (χ4v) is 2.38. The first-order chi connectivity index (χ1) is 9.63.